The van der Waals surface area contributed by atoms with Crippen LogP contribution in [0.1, 0.15) is 23.6 Å². The Kier molecular flexibility index (Phi) is 5.67. The molecular formula is C18H20ClNO3S. The van der Waals surface area contributed by atoms with Crippen LogP contribution in [0.25, 0.3) is 0 Å². The van der Waals surface area contributed by atoms with E-state index in [1.165, 1.54) is 6.92 Å². The van der Waals surface area contributed by atoms with Crippen LogP contribution in [0.15, 0.2) is 42.5 Å². The highest BCUT2D eigenvalue weighted by molar-refractivity contribution is 7.92. The minimum atomic E-state index is -3.62. The quantitative estimate of drug-likeness (QED) is 0.874. The molecule has 0 bridgehead atoms. The van der Waals surface area contributed by atoms with Crippen LogP contribution in [0.4, 0.5) is 5.69 Å². The van der Waals surface area contributed by atoms with E-state index in [1.54, 1.807) is 24.3 Å². The summed E-state index contributed by atoms with van der Waals surface area (Å²) in [4.78, 5) is 12.3. The van der Waals surface area contributed by atoms with Crippen molar-refractivity contribution in [2.75, 3.05) is 5.32 Å². The summed E-state index contributed by atoms with van der Waals surface area (Å²) in [5, 5.41) is 2.01. The van der Waals surface area contributed by atoms with Crippen molar-refractivity contribution in [1.29, 1.82) is 0 Å². The fourth-order valence-electron chi connectivity index (χ4n) is 2.24. The lowest BCUT2D eigenvalue weighted by atomic mass is 10.1. The van der Waals surface area contributed by atoms with Crippen molar-refractivity contribution in [2.24, 2.45) is 0 Å². The first-order valence-corrected chi connectivity index (χ1v) is 9.62. The minimum Gasteiger partial charge on any atom is -0.325 e. The Labute approximate surface area is 147 Å². The molecule has 1 N–H and O–H groups in total. The number of rotatable bonds is 5. The van der Waals surface area contributed by atoms with Crippen molar-refractivity contribution in [2.45, 2.75) is 31.8 Å². The van der Waals surface area contributed by atoms with Gasteiger partial charge in [-0.2, -0.15) is 0 Å². The maximum absolute atomic E-state index is 12.6. The normalized spacial score (nSPS) is 12.7. The Hall–Kier alpha value is -1.85. The zero-order valence-corrected chi connectivity index (χ0v) is 15.4. The highest BCUT2D eigenvalue weighted by Crippen LogP contribution is 2.19. The number of carbonyl (C=O) groups is 1. The largest absolute Gasteiger partial charge is 0.325 e. The smallest absolute Gasteiger partial charge is 0.242 e. The molecule has 0 aliphatic carbocycles. The van der Waals surface area contributed by atoms with E-state index in [-0.39, 0.29) is 5.75 Å². The van der Waals surface area contributed by atoms with Crippen molar-refractivity contribution < 1.29 is 13.2 Å². The highest BCUT2D eigenvalue weighted by Gasteiger charge is 2.28. The average Bonchev–Trinajstić information content (AvgIpc) is 2.52. The van der Waals surface area contributed by atoms with Crippen molar-refractivity contribution >= 4 is 33.0 Å². The molecule has 0 aliphatic rings. The number of amides is 1. The maximum Gasteiger partial charge on any atom is 0.242 e. The van der Waals surface area contributed by atoms with E-state index in [0.717, 1.165) is 16.7 Å². The molecule has 1 atom stereocenters. The summed E-state index contributed by atoms with van der Waals surface area (Å²) in [5.74, 6) is -0.710. The lowest BCUT2D eigenvalue weighted by Gasteiger charge is -2.15. The molecule has 24 heavy (non-hydrogen) atoms. The molecule has 2 aromatic carbocycles. The monoisotopic (exact) mass is 365 g/mol. The fourth-order valence-corrected chi connectivity index (χ4v) is 3.74. The highest BCUT2D eigenvalue weighted by atomic mass is 35.5. The summed E-state index contributed by atoms with van der Waals surface area (Å²) in [7, 11) is -3.62. The van der Waals surface area contributed by atoms with Crippen LogP contribution in [-0.4, -0.2) is 19.6 Å². The van der Waals surface area contributed by atoms with Gasteiger partial charge in [-0.1, -0.05) is 35.4 Å². The SMILES string of the molecule is Cc1ccc(C)c(CS(=O)(=O)[C@H](C)C(=O)Nc2ccc(Cl)cc2)c1. The van der Waals surface area contributed by atoms with Crippen LogP contribution in [0.2, 0.25) is 5.02 Å². The molecule has 0 aliphatic heterocycles. The van der Waals surface area contributed by atoms with Gasteiger partial charge in [0.1, 0.15) is 5.25 Å². The molecule has 0 spiro atoms. The van der Waals surface area contributed by atoms with Gasteiger partial charge < -0.3 is 5.32 Å². The molecule has 0 saturated carbocycles. The third-order valence-electron chi connectivity index (χ3n) is 3.88. The summed E-state index contributed by atoms with van der Waals surface area (Å²) >= 11 is 5.79. The Bertz CT molecular complexity index is 845. The van der Waals surface area contributed by atoms with Gasteiger partial charge >= 0.3 is 0 Å². The van der Waals surface area contributed by atoms with Crippen molar-refractivity contribution in [3.63, 3.8) is 0 Å². The molecule has 2 rings (SSSR count). The minimum absolute atomic E-state index is 0.157. The van der Waals surface area contributed by atoms with Gasteiger partial charge in [0.05, 0.1) is 5.75 Å². The van der Waals surface area contributed by atoms with E-state index in [2.05, 4.69) is 5.32 Å². The first-order chi connectivity index (χ1) is 11.2. The Morgan fingerprint density at radius 1 is 1.12 bits per heavy atom. The number of aryl methyl sites for hydroxylation is 2. The topological polar surface area (TPSA) is 63.2 Å². The maximum atomic E-state index is 12.6. The van der Waals surface area contributed by atoms with E-state index in [1.807, 2.05) is 32.0 Å². The molecule has 4 nitrogen and oxygen atoms in total. The van der Waals surface area contributed by atoms with Gasteiger partial charge in [-0.05, 0) is 56.2 Å². The summed E-state index contributed by atoms with van der Waals surface area (Å²) < 4.78 is 25.1. The van der Waals surface area contributed by atoms with Gasteiger partial charge in [0.15, 0.2) is 9.84 Å². The second kappa shape index (κ2) is 7.36. The molecule has 0 heterocycles. The van der Waals surface area contributed by atoms with E-state index in [4.69, 9.17) is 11.6 Å². The van der Waals surface area contributed by atoms with Crippen LogP contribution in [0.3, 0.4) is 0 Å². The third kappa shape index (κ3) is 4.58. The second-order valence-electron chi connectivity index (χ2n) is 5.88. The summed E-state index contributed by atoms with van der Waals surface area (Å²) in [6, 6.07) is 12.2. The second-order valence-corrected chi connectivity index (χ2v) is 8.63. The predicted molar refractivity (Wildman–Crippen MR) is 98.1 cm³/mol. The Morgan fingerprint density at radius 2 is 1.75 bits per heavy atom. The number of sulfone groups is 1. The molecule has 1 amide bonds. The zero-order chi connectivity index (χ0) is 17.9. The Balaban J connectivity index is 2.14. The molecule has 0 aromatic heterocycles. The van der Waals surface area contributed by atoms with Crippen molar-refractivity contribution in [3.8, 4) is 0 Å². The summed E-state index contributed by atoms with van der Waals surface area (Å²) in [6.45, 7) is 5.18. The molecule has 0 fully saturated rings. The number of halogens is 1. The van der Waals surface area contributed by atoms with E-state index in [9.17, 15) is 13.2 Å². The first-order valence-electron chi connectivity index (χ1n) is 7.53. The molecular weight excluding hydrogens is 346 g/mol. The van der Waals surface area contributed by atoms with Gasteiger partial charge in [0.25, 0.3) is 0 Å². The van der Waals surface area contributed by atoms with Gasteiger partial charge in [0, 0.05) is 10.7 Å². The summed E-state index contributed by atoms with van der Waals surface area (Å²) in [5.41, 5.74) is 3.12. The third-order valence-corrected chi connectivity index (χ3v) is 6.14. The average molecular weight is 366 g/mol. The molecule has 0 saturated heterocycles. The lowest BCUT2D eigenvalue weighted by Crippen LogP contribution is -2.33. The number of benzene rings is 2. The van der Waals surface area contributed by atoms with Crippen LogP contribution < -0.4 is 5.32 Å². The zero-order valence-electron chi connectivity index (χ0n) is 13.8. The van der Waals surface area contributed by atoms with Crippen molar-refractivity contribution in [1.82, 2.24) is 0 Å². The van der Waals surface area contributed by atoms with Crippen LogP contribution in [0.5, 0.6) is 0 Å². The number of nitrogens with one attached hydrogen (secondary N) is 1. The van der Waals surface area contributed by atoms with Gasteiger partial charge in [-0.25, -0.2) is 8.42 Å². The number of carbonyl (C=O) groups excluding carboxylic acids is 1. The van der Waals surface area contributed by atoms with Crippen molar-refractivity contribution in [3.05, 3.63) is 64.2 Å². The number of hydrogen-bond donors (Lipinski definition) is 1. The lowest BCUT2D eigenvalue weighted by molar-refractivity contribution is -0.115. The molecule has 128 valence electrons. The van der Waals surface area contributed by atoms with Crippen LogP contribution in [-0.2, 0) is 20.4 Å². The molecule has 6 heteroatoms. The summed E-state index contributed by atoms with van der Waals surface area (Å²) in [6.07, 6.45) is 0. The van der Waals surface area contributed by atoms with Crippen LogP contribution >= 0.6 is 11.6 Å². The molecule has 2 aromatic rings. The standard InChI is InChI=1S/C18H20ClNO3S/c1-12-4-5-13(2)15(10-12)11-24(22,23)14(3)18(21)20-17-8-6-16(19)7-9-17/h4-10,14H,11H2,1-3H3,(H,20,21)/t14-/m1/s1. The molecule has 0 unspecified atom stereocenters. The van der Waals surface area contributed by atoms with Gasteiger partial charge in [0.2, 0.25) is 5.91 Å². The Morgan fingerprint density at radius 3 is 2.38 bits per heavy atom. The van der Waals surface area contributed by atoms with E-state index in [0.29, 0.717) is 10.7 Å². The van der Waals surface area contributed by atoms with Crippen LogP contribution in [0, 0.1) is 13.8 Å². The van der Waals surface area contributed by atoms with E-state index < -0.39 is 21.0 Å². The molecule has 0 radical (unpaired) electrons. The van der Waals surface area contributed by atoms with Gasteiger partial charge in [-0.15, -0.1) is 0 Å². The number of hydrogen-bond acceptors (Lipinski definition) is 3. The predicted octanol–water partition coefficient (Wildman–Crippen LogP) is 3.90. The first kappa shape index (κ1) is 18.5. The van der Waals surface area contributed by atoms with Gasteiger partial charge in [-0.3, -0.25) is 4.79 Å². The number of anilines is 1. The van der Waals surface area contributed by atoms with E-state index >= 15 is 0 Å². The fraction of sp³-hybridized carbons (Fsp3) is 0.278.